The number of halogens is 1. The van der Waals surface area contributed by atoms with Crippen LogP contribution in [0.5, 0.6) is 11.5 Å². The number of ether oxygens (including phenoxy) is 2. The number of carbonyl (C=O) groups is 3. The van der Waals surface area contributed by atoms with Gasteiger partial charge < -0.3 is 25.0 Å². The minimum atomic E-state index is -0.793. The van der Waals surface area contributed by atoms with Gasteiger partial charge in [-0.05, 0) is 50.1 Å². The van der Waals surface area contributed by atoms with Gasteiger partial charge in [0.1, 0.15) is 17.5 Å². The summed E-state index contributed by atoms with van der Waals surface area (Å²) in [6, 6.07) is 10.8. The molecule has 8 nitrogen and oxygen atoms in total. The van der Waals surface area contributed by atoms with Crippen LogP contribution in [-0.2, 0) is 9.59 Å². The third kappa shape index (κ3) is 7.12. The van der Waals surface area contributed by atoms with Gasteiger partial charge in [0.25, 0.3) is 11.8 Å². The number of methoxy groups -OCH3 is 1. The fourth-order valence-electron chi connectivity index (χ4n) is 3.31. The Morgan fingerprint density at radius 3 is 2.29 bits per heavy atom. The Kier molecular flexibility index (Phi) is 10.2. The molecule has 1 atom stereocenters. The average Bonchev–Trinajstić information content (AvgIpc) is 2.82. The number of hydrogen-bond acceptors (Lipinski definition) is 5. The largest absolute Gasteiger partial charge is 0.496 e. The summed E-state index contributed by atoms with van der Waals surface area (Å²) in [5.41, 5.74) is 0.780. The normalized spacial score (nSPS) is 11.5. The van der Waals surface area contributed by atoms with E-state index in [-0.39, 0.29) is 29.4 Å². The summed E-state index contributed by atoms with van der Waals surface area (Å²) in [5, 5.41) is 5.81. The van der Waals surface area contributed by atoms with Crippen LogP contribution in [0.3, 0.4) is 0 Å². The van der Waals surface area contributed by atoms with E-state index in [4.69, 9.17) is 21.1 Å². The summed E-state index contributed by atoms with van der Waals surface area (Å²) in [4.78, 5) is 39.5. The van der Waals surface area contributed by atoms with Crippen LogP contribution in [0.4, 0.5) is 5.69 Å². The average molecular weight is 490 g/mol. The Hall–Kier alpha value is -3.26. The van der Waals surface area contributed by atoms with Crippen molar-refractivity contribution in [3.05, 3.63) is 53.1 Å². The van der Waals surface area contributed by atoms with Crippen LogP contribution in [0, 0.1) is 5.92 Å². The SMILES string of the molecule is CCN(CC)C(=O)COc1ccc(NC(=O)C(NC(=O)c2ccccc2OC)C(C)C)cc1Cl. The lowest BCUT2D eigenvalue weighted by Gasteiger charge is -2.22. The molecule has 0 aromatic heterocycles. The van der Waals surface area contributed by atoms with Crippen LogP contribution < -0.4 is 20.1 Å². The number of amides is 3. The Morgan fingerprint density at radius 1 is 1.03 bits per heavy atom. The summed E-state index contributed by atoms with van der Waals surface area (Å²) < 4.78 is 10.8. The zero-order valence-corrected chi connectivity index (χ0v) is 20.9. The van der Waals surface area contributed by atoms with E-state index < -0.39 is 11.9 Å². The van der Waals surface area contributed by atoms with E-state index in [0.717, 1.165) is 0 Å². The number of rotatable bonds is 11. The molecule has 1 unspecified atom stereocenters. The molecule has 2 N–H and O–H groups in total. The van der Waals surface area contributed by atoms with Gasteiger partial charge in [-0.25, -0.2) is 0 Å². The van der Waals surface area contributed by atoms with Gasteiger partial charge in [0, 0.05) is 18.8 Å². The van der Waals surface area contributed by atoms with Crippen molar-refractivity contribution in [2.24, 2.45) is 5.92 Å². The molecule has 0 radical (unpaired) electrons. The lowest BCUT2D eigenvalue weighted by atomic mass is 10.0. The van der Waals surface area contributed by atoms with Crippen LogP contribution in [0.25, 0.3) is 0 Å². The number of carbonyl (C=O) groups excluding carboxylic acids is 3. The van der Waals surface area contributed by atoms with Crippen molar-refractivity contribution in [2.45, 2.75) is 33.7 Å². The molecule has 0 heterocycles. The number of hydrogen-bond donors (Lipinski definition) is 2. The van der Waals surface area contributed by atoms with Crippen LogP contribution in [0.2, 0.25) is 5.02 Å². The van der Waals surface area contributed by atoms with E-state index in [1.54, 1.807) is 41.3 Å². The first-order valence-corrected chi connectivity index (χ1v) is 11.5. The molecule has 0 aliphatic carbocycles. The van der Waals surface area contributed by atoms with Gasteiger partial charge in [-0.2, -0.15) is 0 Å². The van der Waals surface area contributed by atoms with Gasteiger partial charge in [0.05, 0.1) is 17.7 Å². The molecule has 0 bridgehead atoms. The Bertz CT molecular complexity index is 1010. The lowest BCUT2D eigenvalue weighted by molar-refractivity contribution is -0.133. The van der Waals surface area contributed by atoms with Crippen LogP contribution in [0.1, 0.15) is 38.1 Å². The van der Waals surface area contributed by atoms with E-state index in [9.17, 15) is 14.4 Å². The second-order valence-corrected chi connectivity index (χ2v) is 8.29. The Morgan fingerprint density at radius 2 is 1.71 bits per heavy atom. The second kappa shape index (κ2) is 12.8. The standard InChI is InChI=1S/C25H32ClN3O5/c1-6-29(7-2)22(30)15-34-21-13-12-17(14-19(21)26)27-25(32)23(16(3)4)28-24(31)18-10-8-9-11-20(18)33-5/h8-14,16,23H,6-7,15H2,1-5H3,(H,27,32)(H,28,31). The lowest BCUT2D eigenvalue weighted by Crippen LogP contribution is -2.47. The third-order valence-corrected chi connectivity index (χ3v) is 5.55. The van der Waals surface area contributed by atoms with E-state index in [0.29, 0.717) is 35.8 Å². The molecule has 184 valence electrons. The first-order chi connectivity index (χ1) is 16.2. The third-order valence-electron chi connectivity index (χ3n) is 5.25. The summed E-state index contributed by atoms with van der Waals surface area (Å²) in [6.45, 7) is 8.54. The predicted molar refractivity (Wildman–Crippen MR) is 133 cm³/mol. The topological polar surface area (TPSA) is 97.0 Å². The van der Waals surface area contributed by atoms with Gasteiger partial charge in [-0.15, -0.1) is 0 Å². The summed E-state index contributed by atoms with van der Waals surface area (Å²) in [5.74, 6) is -0.354. The highest BCUT2D eigenvalue weighted by Gasteiger charge is 2.26. The molecule has 0 fully saturated rings. The number of nitrogens with one attached hydrogen (secondary N) is 2. The number of nitrogens with zero attached hydrogens (tertiary/aromatic N) is 1. The van der Waals surface area contributed by atoms with E-state index in [2.05, 4.69) is 10.6 Å². The van der Waals surface area contributed by atoms with Crippen molar-refractivity contribution in [3.8, 4) is 11.5 Å². The number of likely N-dealkylation sites (N-methyl/N-ethyl adjacent to an activating group) is 1. The quantitative estimate of drug-likeness (QED) is 0.497. The highest BCUT2D eigenvalue weighted by Crippen LogP contribution is 2.28. The van der Waals surface area contributed by atoms with Crippen LogP contribution in [-0.4, -0.2) is 55.5 Å². The van der Waals surface area contributed by atoms with E-state index >= 15 is 0 Å². The molecular weight excluding hydrogens is 458 g/mol. The van der Waals surface area contributed by atoms with Gasteiger partial charge in [-0.1, -0.05) is 37.6 Å². The number of para-hydroxylation sites is 1. The molecule has 3 amide bonds. The van der Waals surface area contributed by atoms with Crippen molar-refractivity contribution < 1.29 is 23.9 Å². The first-order valence-electron chi connectivity index (χ1n) is 11.2. The van der Waals surface area contributed by atoms with Gasteiger partial charge in [-0.3, -0.25) is 14.4 Å². The van der Waals surface area contributed by atoms with Gasteiger partial charge >= 0.3 is 0 Å². The Balaban J connectivity index is 2.06. The number of anilines is 1. The van der Waals surface area contributed by atoms with Crippen LogP contribution in [0.15, 0.2) is 42.5 Å². The molecule has 0 spiro atoms. The maximum absolute atomic E-state index is 12.9. The smallest absolute Gasteiger partial charge is 0.260 e. The maximum atomic E-state index is 12.9. The van der Waals surface area contributed by atoms with Crippen LogP contribution >= 0.6 is 11.6 Å². The highest BCUT2D eigenvalue weighted by molar-refractivity contribution is 6.32. The van der Waals surface area contributed by atoms with Crippen molar-refractivity contribution in [3.63, 3.8) is 0 Å². The fraction of sp³-hybridized carbons (Fsp3) is 0.400. The Labute approximate surface area is 205 Å². The molecule has 0 saturated carbocycles. The van der Waals surface area contributed by atoms with E-state index in [1.807, 2.05) is 27.7 Å². The fourth-order valence-corrected chi connectivity index (χ4v) is 3.54. The van der Waals surface area contributed by atoms with Crippen molar-refractivity contribution >= 4 is 35.0 Å². The highest BCUT2D eigenvalue weighted by atomic mass is 35.5. The number of benzene rings is 2. The van der Waals surface area contributed by atoms with Crippen molar-refractivity contribution in [1.82, 2.24) is 10.2 Å². The summed E-state index contributed by atoms with van der Waals surface area (Å²) in [7, 11) is 1.48. The molecule has 0 saturated heterocycles. The second-order valence-electron chi connectivity index (χ2n) is 7.88. The molecule has 2 rings (SSSR count). The summed E-state index contributed by atoms with van der Waals surface area (Å²) >= 11 is 6.30. The zero-order chi connectivity index (χ0) is 25.3. The predicted octanol–water partition coefficient (Wildman–Crippen LogP) is 3.99. The minimum absolute atomic E-state index is 0.127. The zero-order valence-electron chi connectivity index (χ0n) is 20.2. The van der Waals surface area contributed by atoms with E-state index in [1.165, 1.54) is 13.2 Å². The molecule has 2 aromatic rings. The molecule has 0 aliphatic rings. The minimum Gasteiger partial charge on any atom is -0.496 e. The molecule has 0 aliphatic heterocycles. The van der Waals surface area contributed by atoms with Gasteiger partial charge in [0.15, 0.2) is 6.61 Å². The van der Waals surface area contributed by atoms with Gasteiger partial charge in [0.2, 0.25) is 5.91 Å². The molecule has 34 heavy (non-hydrogen) atoms. The molecule has 9 heteroatoms. The molecule has 2 aromatic carbocycles. The summed E-state index contributed by atoms with van der Waals surface area (Å²) in [6.07, 6.45) is 0. The first kappa shape index (κ1) is 27.0. The van der Waals surface area contributed by atoms with Crippen molar-refractivity contribution in [1.29, 1.82) is 0 Å². The van der Waals surface area contributed by atoms with Crippen molar-refractivity contribution in [2.75, 3.05) is 32.1 Å². The molecular formula is C25H32ClN3O5. The maximum Gasteiger partial charge on any atom is 0.260 e. The monoisotopic (exact) mass is 489 g/mol.